The second kappa shape index (κ2) is 3.75. The molecule has 1 unspecified atom stereocenters. The third-order valence-electron chi connectivity index (χ3n) is 3.84. The van der Waals surface area contributed by atoms with E-state index in [-0.39, 0.29) is 5.91 Å². The maximum Gasteiger partial charge on any atom is 0.276 e. The molecule has 17 heavy (non-hydrogen) atoms. The van der Waals surface area contributed by atoms with Crippen molar-refractivity contribution >= 4 is 11.6 Å². The lowest BCUT2D eigenvalue weighted by Gasteiger charge is -2.20. The summed E-state index contributed by atoms with van der Waals surface area (Å²) < 4.78 is 0. The Morgan fingerprint density at radius 3 is 2.82 bits per heavy atom. The van der Waals surface area contributed by atoms with Gasteiger partial charge in [0.2, 0.25) is 0 Å². The van der Waals surface area contributed by atoms with Gasteiger partial charge in [0.25, 0.3) is 5.91 Å². The molecular formula is C12H18N4O. The lowest BCUT2D eigenvalue weighted by molar-refractivity contribution is 0.0742. The molecule has 0 aromatic carbocycles. The number of nitrogen functional groups attached to an aromatic ring is 1. The number of likely N-dealkylation sites (tertiary alicyclic amines) is 1. The van der Waals surface area contributed by atoms with Gasteiger partial charge in [-0.1, -0.05) is 0 Å². The Labute approximate surface area is 100 Å². The van der Waals surface area contributed by atoms with Crippen LogP contribution in [0.2, 0.25) is 0 Å². The molecule has 3 N–H and O–H groups in total. The number of nitrogens with one attached hydrogen (secondary N) is 1. The zero-order valence-electron chi connectivity index (χ0n) is 10.1. The van der Waals surface area contributed by atoms with Crippen LogP contribution in [0.4, 0.5) is 5.69 Å². The molecule has 1 amide bonds. The fourth-order valence-electron chi connectivity index (χ4n) is 2.58. The summed E-state index contributed by atoms with van der Waals surface area (Å²) in [7, 11) is 0. The number of amides is 1. The van der Waals surface area contributed by atoms with Crippen LogP contribution in [0.1, 0.15) is 54.7 Å². The molecule has 1 aromatic rings. The van der Waals surface area contributed by atoms with Crippen LogP contribution in [0.25, 0.3) is 0 Å². The molecule has 1 aliphatic carbocycles. The van der Waals surface area contributed by atoms with Crippen LogP contribution in [0, 0.1) is 0 Å². The Hall–Kier alpha value is -1.52. The van der Waals surface area contributed by atoms with Gasteiger partial charge in [-0.3, -0.25) is 9.89 Å². The van der Waals surface area contributed by atoms with Gasteiger partial charge in [0.1, 0.15) is 0 Å². The van der Waals surface area contributed by atoms with Crippen LogP contribution in [-0.4, -0.2) is 33.6 Å². The first kappa shape index (κ1) is 10.6. The summed E-state index contributed by atoms with van der Waals surface area (Å²) in [4.78, 5) is 14.2. The van der Waals surface area contributed by atoms with Gasteiger partial charge in [-0.2, -0.15) is 5.10 Å². The Balaban J connectivity index is 1.85. The largest absolute Gasteiger partial charge is 0.395 e. The minimum atomic E-state index is -0.0179. The van der Waals surface area contributed by atoms with Gasteiger partial charge in [0.05, 0.1) is 11.4 Å². The van der Waals surface area contributed by atoms with Gasteiger partial charge in [0.15, 0.2) is 5.69 Å². The van der Waals surface area contributed by atoms with E-state index in [1.54, 1.807) is 0 Å². The number of H-pyrrole nitrogens is 1. The maximum absolute atomic E-state index is 12.3. The average molecular weight is 234 g/mol. The molecule has 2 aliphatic rings. The van der Waals surface area contributed by atoms with E-state index in [2.05, 4.69) is 17.1 Å². The highest BCUT2D eigenvalue weighted by molar-refractivity contribution is 5.98. The van der Waals surface area contributed by atoms with Gasteiger partial charge in [-0.15, -0.1) is 0 Å². The highest BCUT2D eigenvalue weighted by Gasteiger charge is 2.33. The van der Waals surface area contributed by atoms with Crippen LogP contribution in [0.5, 0.6) is 0 Å². The Morgan fingerprint density at radius 2 is 2.24 bits per heavy atom. The summed E-state index contributed by atoms with van der Waals surface area (Å²) in [5.41, 5.74) is 7.96. The lowest BCUT2D eigenvalue weighted by Crippen LogP contribution is -2.34. The van der Waals surface area contributed by atoms with E-state index < -0.39 is 0 Å². The number of rotatable bonds is 2. The summed E-state index contributed by atoms with van der Waals surface area (Å²) in [5, 5.41) is 7.05. The number of aromatic amines is 1. The number of aromatic nitrogens is 2. The van der Waals surface area contributed by atoms with Crippen molar-refractivity contribution in [2.24, 2.45) is 0 Å². The minimum Gasteiger partial charge on any atom is -0.395 e. The number of hydrogen-bond acceptors (Lipinski definition) is 3. The van der Waals surface area contributed by atoms with Gasteiger partial charge in [-0.25, -0.2) is 0 Å². The number of carbonyl (C=O) groups excluding carboxylic acids is 1. The molecule has 5 nitrogen and oxygen atoms in total. The highest BCUT2D eigenvalue weighted by Crippen LogP contribution is 2.42. The second-order valence-electron chi connectivity index (χ2n) is 5.16. The number of nitrogens with zero attached hydrogens (tertiary/aromatic N) is 2. The van der Waals surface area contributed by atoms with E-state index in [0.717, 1.165) is 37.9 Å². The Morgan fingerprint density at radius 1 is 1.47 bits per heavy atom. The molecule has 0 radical (unpaired) electrons. The molecule has 2 heterocycles. The molecule has 1 saturated carbocycles. The van der Waals surface area contributed by atoms with Crippen LogP contribution < -0.4 is 5.73 Å². The quantitative estimate of drug-likeness (QED) is 0.814. The van der Waals surface area contributed by atoms with Gasteiger partial charge in [-0.05, 0) is 32.6 Å². The first-order valence-corrected chi connectivity index (χ1v) is 6.33. The normalized spacial score (nSPS) is 24.3. The molecule has 1 aromatic heterocycles. The van der Waals surface area contributed by atoms with Crippen LogP contribution in [-0.2, 0) is 0 Å². The van der Waals surface area contributed by atoms with Crippen LogP contribution >= 0.6 is 0 Å². The van der Waals surface area contributed by atoms with Crippen molar-refractivity contribution in [2.75, 3.05) is 12.3 Å². The van der Waals surface area contributed by atoms with Crippen molar-refractivity contribution < 1.29 is 4.79 Å². The summed E-state index contributed by atoms with van der Waals surface area (Å²) in [6.07, 6.45) is 4.46. The molecule has 1 atom stereocenters. The van der Waals surface area contributed by atoms with Crippen molar-refractivity contribution in [3.8, 4) is 0 Å². The molecule has 1 aliphatic heterocycles. The van der Waals surface area contributed by atoms with Crippen LogP contribution in [0.3, 0.4) is 0 Å². The number of hydrogen-bond donors (Lipinski definition) is 2. The molecule has 92 valence electrons. The van der Waals surface area contributed by atoms with Crippen LogP contribution in [0.15, 0.2) is 0 Å². The van der Waals surface area contributed by atoms with E-state index in [0.29, 0.717) is 23.3 Å². The fourth-order valence-corrected chi connectivity index (χ4v) is 2.58. The molecule has 1 saturated heterocycles. The Bertz CT molecular complexity index is 449. The predicted molar refractivity (Wildman–Crippen MR) is 64.7 cm³/mol. The predicted octanol–water partition coefficient (Wildman–Crippen LogP) is 1.49. The monoisotopic (exact) mass is 234 g/mol. The molecular weight excluding hydrogens is 216 g/mol. The van der Waals surface area contributed by atoms with Crippen molar-refractivity contribution in [2.45, 2.75) is 44.6 Å². The molecule has 0 bridgehead atoms. The third-order valence-corrected chi connectivity index (χ3v) is 3.84. The van der Waals surface area contributed by atoms with E-state index in [1.807, 2.05) is 4.90 Å². The zero-order chi connectivity index (χ0) is 12.0. The summed E-state index contributed by atoms with van der Waals surface area (Å²) in [6, 6.07) is 0.308. The lowest BCUT2D eigenvalue weighted by atomic mass is 10.2. The summed E-state index contributed by atoms with van der Waals surface area (Å²) in [5.74, 6) is 0.482. The first-order chi connectivity index (χ1) is 8.18. The number of nitrogens with two attached hydrogens (primary N) is 1. The number of carbonyl (C=O) groups is 1. The summed E-state index contributed by atoms with van der Waals surface area (Å²) in [6.45, 7) is 2.90. The van der Waals surface area contributed by atoms with Gasteiger partial charge in [0, 0.05) is 18.5 Å². The molecule has 5 heteroatoms. The SMILES string of the molecule is CC1CCCN1C(=O)c1n[nH]c(C2CC2)c1N. The fraction of sp³-hybridized carbons (Fsp3) is 0.667. The van der Waals surface area contributed by atoms with Crippen molar-refractivity contribution in [1.82, 2.24) is 15.1 Å². The molecule has 0 spiro atoms. The standard InChI is InChI=1S/C12H18N4O/c1-7-3-2-6-16(7)12(17)11-9(13)10(14-15-11)8-4-5-8/h7-8H,2-6,13H2,1H3,(H,14,15). The topological polar surface area (TPSA) is 75.0 Å². The summed E-state index contributed by atoms with van der Waals surface area (Å²) >= 11 is 0. The van der Waals surface area contributed by atoms with Gasteiger partial charge >= 0.3 is 0 Å². The van der Waals surface area contributed by atoms with E-state index in [1.165, 1.54) is 0 Å². The van der Waals surface area contributed by atoms with Gasteiger partial charge < -0.3 is 10.6 Å². The smallest absolute Gasteiger partial charge is 0.276 e. The maximum atomic E-state index is 12.3. The third kappa shape index (κ3) is 1.69. The Kier molecular flexibility index (Phi) is 2.34. The molecule has 3 rings (SSSR count). The minimum absolute atomic E-state index is 0.0179. The zero-order valence-corrected chi connectivity index (χ0v) is 10.1. The van der Waals surface area contributed by atoms with E-state index in [4.69, 9.17) is 5.73 Å². The molecule has 2 fully saturated rings. The van der Waals surface area contributed by atoms with E-state index in [9.17, 15) is 4.79 Å². The average Bonchev–Trinajstić information content (AvgIpc) is 2.95. The highest BCUT2D eigenvalue weighted by atomic mass is 16.2. The van der Waals surface area contributed by atoms with E-state index >= 15 is 0 Å². The number of anilines is 1. The van der Waals surface area contributed by atoms with Crippen molar-refractivity contribution in [3.05, 3.63) is 11.4 Å². The second-order valence-corrected chi connectivity index (χ2v) is 5.16. The van der Waals surface area contributed by atoms with Crippen molar-refractivity contribution in [3.63, 3.8) is 0 Å². The first-order valence-electron chi connectivity index (χ1n) is 6.33. The van der Waals surface area contributed by atoms with Crippen molar-refractivity contribution in [1.29, 1.82) is 0 Å².